The molecule has 0 spiro atoms. The quantitative estimate of drug-likeness (QED) is 0.486. The van der Waals surface area contributed by atoms with E-state index in [1.807, 2.05) is 0 Å². The molecule has 0 radical (unpaired) electrons. The average Bonchev–Trinajstić information content (AvgIpc) is 3.06. The maximum Gasteiger partial charge on any atom is 0.0468 e. The third-order valence-corrected chi connectivity index (χ3v) is 11.2. The van der Waals surface area contributed by atoms with E-state index in [1.165, 1.54) is 51.4 Å². The van der Waals surface area contributed by atoms with E-state index in [4.69, 9.17) is 4.74 Å². The Kier molecular flexibility index (Phi) is 4.20. The van der Waals surface area contributed by atoms with E-state index < -0.39 is 0 Å². The van der Waals surface area contributed by atoms with Crippen LogP contribution in [-0.2, 0) is 4.74 Å². The highest BCUT2D eigenvalue weighted by Gasteiger charge is 2.61. The predicted octanol–water partition coefficient (Wildman–Crippen LogP) is 6.71. The molecule has 0 aromatic carbocycles. The van der Waals surface area contributed by atoms with Gasteiger partial charge in [0.05, 0.1) is 0 Å². The fraction of sp³-hybridized carbons (Fsp3) is 1.00. The Morgan fingerprint density at radius 1 is 0.680 bits per heavy atom. The van der Waals surface area contributed by atoms with Gasteiger partial charge in [-0.15, -0.1) is 0 Å². The van der Waals surface area contributed by atoms with Crippen molar-refractivity contribution in [3.8, 4) is 0 Å². The van der Waals surface area contributed by atoms with Gasteiger partial charge in [-0.2, -0.15) is 0 Å². The fourth-order valence-corrected chi connectivity index (χ4v) is 8.17. The SMILES string of the molecule is CC1(C)C2CCC1(C)C(CCOCCC1CC3CCC1(C)C3(C)C)C2. The first kappa shape index (κ1) is 18.3. The van der Waals surface area contributed by atoms with Gasteiger partial charge in [0.1, 0.15) is 0 Å². The monoisotopic (exact) mass is 346 g/mol. The zero-order valence-corrected chi connectivity index (χ0v) is 17.8. The van der Waals surface area contributed by atoms with Crippen molar-refractivity contribution in [3.05, 3.63) is 0 Å². The molecule has 4 aliphatic carbocycles. The molecule has 0 N–H and O–H groups in total. The number of hydrogen-bond acceptors (Lipinski definition) is 1. The molecule has 6 unspecified atom stereocenters. The van der Waals surface area contributed by atoms with Crippen LogP contribution in [0.25, 0.3) is 0 Å². The Morgan fingerprint density at radius 3 is 1.36 bits per heavy atom. The molecule has 1 heteroatoms. The summed E-state index contributed by atoms with van der Waals surface area (Å²) in [6, 6.07) is 0. The lowest BCUT2D eigenvalue weighted by Crippen LogP contribution is -2.33. The van der Waals surface area contributed by atoms with Crippen LogP contribution in [-0.4, -0.2) is 13.2 Å². The van der Waals surface area contributed by atoms with E-state index in [9.17, 15) is 0 Å². The van der Waals surface area contributed by atoms with E-state index >= 15 is 0 Å². The van der Waals surface area contributed by atoms with Gasteiger partial charge < -0.3 is 4.74 Å². The first-order chi connectivity index (χ1) is 11.6. The molecule has 4 saturated carbocycles. The highest BCUT2D eigenvalue weighted by molar-refractivity contribution is 5.10. The molecule has 0 aromatic heterocycles. The number of hydrogen-bond donors (Lipinski definition) is 0. The highest BCUT2D eigenvalue weighted by atomic mass is 16.5. The van der Waals surface area contributed by atoms with Crippen LogP contribution in [0, 0.1) is 45.3 Å². The molecule has 1 nitrogen and oxygen atoms in total. The molecule has 0 saturated heterocycles. The fourth-order valence-electron chi connectivity index (χ4n) is 8.17. The molecule has 0 amide bonds. The minimum Gasteiger partial charge on any atom is -0.381 e. The molecule has 4 rings (SSSR count). The molecule has 4 aliphatic rings. The van der Waals surface area contributed by atoms with Gasteiger partial charge in [-0.05, 0) is 96.7 Å². The Labute approximate surface area is 156 Å². The van der Waals surface area contributed by atoms with Crippen molar-refractivity contribution in [2.45, 2.75) is 92.9 Å². The molecular weight excluding hydrogens is 304 g/mol. The Hall–Kier alpha value is -0.0400. The molecule has 25 heavy (non-hydrogen) atoms. The van der Waals surface area contributed by atoms with Gasteiger partial charge in [-0.25, -0.2) is 0 Å². The van der Waals surface area contributed by atoms with E-state index in [-0.39, 0.29) is 0 Å². The van der Waals surface area contributed by atoms with Crippen LogP contribution in [0.1, 0.15) is 92.9 Å². The van der Waals surface area contributed by atoms with Crippen LogP contribution in [0.4, 0.5) is 0 Å². The van der Waals surface area contributed by atoms with Crippen molar-refractivity contribution in [2.75, 3.05) is 13.2 Å². The minimum atomic E-state index is 0.556. The first-order valence-electron chi connectivity index (χ1n) is 11.2. The molecule has 4 bridgehead atoms. The summed E-state index contributed by atoms with van der Waals surface area (Å²) in [4.78, 5) is 0. The van der Waals surface area contributed by atoms with Crippen molar-refractivity contribution >= 4 is 0 Å². The number of fused-ring (bicyclic) bond motifs is 4. The summed E-state index contributed by atoms with van der Waals surface area (Å²) >= 11 is 0. The van der Waals surface area contributed by atoms with Crippen LogP contribution < -0.4 is 0 Å². The third kappa shape index (κ3) is 2.36. The van der Waals surface area contributed by atoms with Crippen LogP contribution >= 0.6 is 0 Å². The predicted molar refractivity (Wildman–Crippen MR) is 105 cm³/mol. The van der Waals surface area contributed by atoms with Gasteiger partial charge >= 0.3 is 0 Å². The summed E-state index contributed by atoms with van der Waals surface area (Å²) in [5, 5.41) is 0. The molecule has 0 aromatic rings. The Balaban J connectivity index is 1.22. The van der Waals surface area contributed by atoms with Gasteiger partial charge in [-0.3, -0.25) is 0 Å². The Bertz CT molecular complexity index is 474. The van der Waals surface area contributed by atoms with E-state index in [2.05, 4.69) is 41.5 Å². The minimum absolute atomic E-state index is 0.556. The highest BCUT2D eigenvalue weighted by Crippen LogP contribution is 2.69. The van der Waals surface area contributed by atoms with E-state index in [0.717, 1.165) is 36.9 Å². The molecular formula is C24H42O. The lowest BCUT2D eigenvalue weighted by molar-refractivity contribution is 0.0407. The van der Waals surface area contributed by atoms with Crippen LogP contribution in [0.5, 0.6) is 0 Å². The second kappa shape index (κ2) is 5.73. The topological polar surface area (TPSA) is 9.23 Å². The average molecular weight is 347 g/mol. The molecule has 6 atom stereocenters. The molecule has 4 fully saturated rings. The van der Waals surface area contributed by atoms with Crippen molar-refractivity contribution in [2.24, 2.45) is 45.3 Å². The van der Waals surface area contributed by atoms with Gasteiger partial charge in [0.2, 0.25) is 0 Å². The molecule has 0 aliphatic heterocycles. The first-order valence-corrected chi connectivity index (χ1v) is 11.2. The normalized spacial score (nSPS) is 49.2. The summed E-state index contributed by atoms with van der Waals surface area (Å²) in [6.45, 7) is 17.3. The standard InChI is InChI=1S/C24H42O/c1-21(2)17-7-11-23(21,5)19(15-17)9-13-25-14-10-20-16-18-8-12-24(20,6)22(18,3)4/h17-20H,7-16H2,1-6H3. The lowest BCUT2D eigenvalue weighted by atomic mass is 9.66. The van der Waals surface area contributed by atoms with Crippen molar-refractivity contribution in [1.82, 2.24) is 0 Å². The third-order valence-electron chi connectivity index (χ3n) is 11.2. The number of rotatable bonds is 6. The molecule has 144 valence electrons. The van der Waals surface area contributed by atoms with Crippen molar-refractivity contribution < 1.29 is 4.74 Å². The Morgan fingerprint density at radius 2 is 1.08 bits per heavy atom. The van der Waals surface area contributed by atoms with E-state index in [1.54, 1.807) is 0 Å². The summed E-state index contributed by atoms with van der Waals surface area (Å²) in [6.07, 6.45) is 11.4. The van der Waals surface area contributed by atoms with E-state index in [0.29, 0.717) is 21.7 Å². The van der Waals surface area contributed by atoms with Crippen LogP contribution in [0.3, 0.4) is 0 Å². The zero-order valence-electron chi connectivity index (χ0n) is 17.8. The van der Waals surface area contributed by atoms with Crippen LogP contribution in [0.2, 0.25) is 0 Å². The maximum atomic E-state index is 6.20. The lowest BCUT2D eigenvalue weighted by Gasteiger charge is -2.40. The van der Waals surface area contributed by atoms with Gasteiger partial charge in [-0.1, -0.05) is 41.5 Å². The zero-order chi connectivity index (χ0) is 18.1. The summed E-state index contributed by atoms with van der Waals surface area (Å²) < 4.78 is 6.20. The molecule has 0 heterocycles. The van der Waals surface area contributed by atoms with Crippen molar-refractivity contribution in [3.63, 3.8) is 0 Å². The maximum absolute atomic E-state index is 6.20. The van der Waals surface area contributed by atoms with Crippen LogP contribution in [0.15, 0.2) is 0 Å². The van der Waals surface area contributed by atoms with Gasteiger partial charge in [0.25, 0.3) is 0 Å². The summed E-state index contributed by atoms with van der Waals surface area (Å²) in [5.74, 6) is 3.75. The largest absolute Gasteiger partial charge is 0.381 e. The summed E-state index contributed by atoms with van der Waals surface area (Å²) in [5.41, 5.74) is 2.26. The van der Waals surface area contributed by atoms with Gasteiger partial charge in [0, 0.05) is 13.2 Å². The summed E-state index contributed by atoms with van der Waals surface area (Å²) in [7, 11) is 0. The smallest absolute Gasteiger partial charge is 0.0468 e. The van der Waals surface area contributed by atoms with Gasteiger partial charge in [0.15, 0.2) is 0 Å². The number of ether oxygens (including phenoxy) is 1. The second-order valence-corrected chi connectivity index (χ2v) is 11.8. The second-order valence-electron chi connectivity index (χ2n) is 11.8. The van der Waals surface area contributed by atoms with Crippen molar-refractivity contribution in [1.29, 1.82) is 0 Å².